The first-order valence-electron chi connectivity index (χ1n) is 7.74. The number of rotatable bonds is 5. The minimum absolute atomic E-state index is 0.502. The van der Waals surface area contributed by atoms with E-state index in [1.165, 1.54) is 45.3 Å². The van der Waals surface area contributed by atoms with Gasteiger partial charge < -0.3 is 14.6 Å². The minimum Gasteiger partial charge on any atom is -0.377 e. The molecule has 0 radical (unpaired) electrons. The number of hydrogen-bond donors (Lipinski definition) is 1. The Labute approximate surface area is 120 Å². The lowest BCUT2D eigenvalue weighted by Crippen LogP contribution is -2.40. The highest BCUT2D eigenvalue weighted by Crippen LogP contribution is 2.26. The Morgan fingerprint density at radius 3 is 2.95 bits per heavy atom. The van der Waals surface area contributed by atoms with Crippen LogP contribution in [0.2, 0.25) is 0 Å². The van der Waals surface area contributed by atoms with Crippen LogP contribution in [-0.2, 0) is 17.9 Å². The summed E-state index contributed by atoms with van der Waals surface area (Å²) in [6, 6.07) is 2.78. The molecule has 1 N–H and O–H groups in total. The summed E-state index contributed by atoms with van der Waals surface area (Å²) in [4.78, 5) is 2.49. The van der Waals surface area contributed by atoms with Crippen LogP contribution in [0.1, 0.15) is 37.1 Å². The van der Waals surface area contributed by atoms with Crippen LogP contribution in [-0.4, -0.2) is 42.8 Å². The number of nitrogens with one attached hydrogen (secondary N) is 1. The van der Waals surface area contributed by atoms with Gasteiger partial charge in [-0.1, -0.05) is 5.16 Å². The van der Waals surface area contributed by atoms with E-state index >= 15 is 0 Å². The number of aromatic nitrogens is 1. The standard InChI is InChI=1S/C15H25N3O2/c1-19-11-14-9-13(17-20-14)10-18-7-4-12(5-8-18)15-3-2-6-16-15/h9,12,15-16H,2-8,10-11H2,1H3. The summed E-state index contributed by atoms with van der Waals surface area (Å²) in [5.74, 6) is 1.68. The van der Waals surface area contributed by atoms with Crippen LogP contribution in [0.3, 0.4) is 0 Å². The SMILES string of the molecule is COCc1cc(CN2CCC(C3CCCN3)CC2)no1. The Balaban J connectivity index is 1.45. The monoisotopic (exact) mass is 279 g/mol. The second kappa shape index (κ2) is 6.70. The summed E-state index contributed by atoms with van der Waals surface area (Å²) in [6.45, 7) is 4.97. The fourth-order valence-electron chi connectivity index (χ4n) is 3.50. The summed E-state index contributed by atoms with van der Waals surface area (Å²) < 4.78 is 10.3. The Morgan fingerprint density at radius 1 is 1.40 bits per heavy atom. The van der Waals surface area contributed by atoms with Crippen molar-refractivity contribution in [3.05, 3.63) is 17.5 Å². The van der Waals surface area contributed by atoms with Gasteiger partial charge >= 0.3 is 0 Å². The van der Waals surface area contributed by atoms with E-state index in [-0.39, 0.29) is 0 Å². The third-order valence-corrected chi connectivity index (χ3v) is 4.58. The lowest BCUT2D eigenvalue weighted by molar-refractivity contribution is 0.150. The first kappa shape index (κ1) is 14.0. The van der Waals surface area contributed by atoms with Crippen LogP contribution in [0.25, 0.3) is 0 Å². The van der Waals surface area contributed by atoms with E-state index in [4.69, 9.17) is 9.26 Å². The van der Waals surface area contributed by atoms with Gasteiger partial charge in [0.1, 0.15) is 6.61 Å². The molecular formula is C15H25N3O2. The minimum atomic E-state index is 0.502. The van der Waals surface area contributed by atoms with Crippen molar-refractivity contribution >= 4 is 0 Å². The summed E-state index contributed by atoms with van der Waals surface area (Å²) in [7, 11) is 1.67. The largest absolute Gasteiger partial charge is 0.377 e. The van der Waals surface area contributed by atoms with E-state index in [0.29, 0.717) is 6.61 Å². The summed E-state index contributed by atoms with van der Waals surface area (Å²) in [6.07, 6.45) is 5.33. The molecule has 20 heavy (non-hydrogen) atoms. The van der Waals surface area contributed by atoms with Crippen molar-refractivity contribution in [1.29, 1.82) is 0 Å². The van der Waals surface area contributed by atoms with Gasteiger partial charge in [0, 0.05) is 25.8 Å². The van der Waals surface area contributed by atoms with Gasteiger partial charge in [0.15, 0.2) is 5.76 Å². The number of piperidine rings is 1. The zero-order valence-corrected chi connectivity index (χ0v) is 12.3. The number of ether oxygens (including phenoxy) is 1. The molecule has 2 fully saturated rings. The topological polar surface area (TPSA) is 50.5 Å². The summed E-state index contributed by atoms with van der Waals surface area (Å²) in [5.41, 5.74) is 1.02. The number of nitrogens with zero attached hydrogens (tertiary/aromatic N) is 2. The fraction of sp³-hybridized carbons (Fsp3) is 0.800. The lowest BCUT2D eigenvalue weighted by atomic mass is 9.88. The van der Waals surface area contributed by atoms with Crippen LogP contribution in [0, 0.1) is 5.92 Å². The summed E-state index contributed by atoms with van der Waals surface area (Å²) >= 11 is 0. The average Bonchev–Trinajstić information content (AvgIpc) is 3.12. The van der Waals surface area contributed by atoms with E-state index in [1.807, 2.05) is 6.07 Å². The van der Waals surface area contributed by atoms with Gasteiger partial charge in [-0.3, -0.25) is 4.90 Å². The maximum atomic E-state index is 5.24. The lowest BCUT2D eigenvalue weighted by Gasteiger charge is -2.34. The van der Waals surface area contributed by atoms with Crippen molar-refractivity contribution in [3.63, 3.8) is 0 Å². The van der Waals surface area contributed by atoms with Crippen LogP contribution >= 0.6 is 0 Å². The maximum absolute atomic E-state index is 5.24. The smallest absolute Gasteiger partial charge is 0.162 e. The zero-order chi connectivity index (χ0) is 13.8. The Bertz CT molecular complexity index is 407. The molecule has 0 aromatic carbocycles. The van der Waals surface area contributed by atoms with Gasteiger partial charge in [0.2, 0.25) is 0 Å². The van der Waals surface area contributed by atoms with E-state index in [0.717, 1.165) is 30.0 Å². The van der Waals surface area contributed by atoms with Crippen molar-refractivity contribution < 1.29 is 9.26 Å². The van der Waals surface area contributed by atoms with Gasteiger partial charge in [-0.25, -0.2) is 0 Å². The Hall–Kier alpha value is -0.910. The van der Waals surface area contributed by atoms with Crippen molar-refractivity contribution in [2.75, 3.05) is 26.7 Å². The molecule has 2 saturated heterocycles. The van der Waals surface area contributed by atoms with Gasteiger partial charge in [0.25, 0.3) is 0 Å². The molecule has 0 saturated carbocycles. The normalized spacial score (nSPS) is 25.4. The van der Waals surface area contributed by atoms with Crippen LogP contribution in [0.5, 0.6) is 0 Å². The van der Waals surface area contributed by atoms with Crippen LogP contribution in [0.15, 0.2) is 10.6 Å². The van der Waals surface area contributed by atoms with Crippen molar-refractivity contribution in [2.45, 2.75) is 44.9 Å². The second-order valence-corrected chi connectivity index (χ2v) is 6.03. The second-order valence-electron chi connectivity index (χ2n) is 6.03. The first-order chi connectivity index (χ1) is 9.85. The molecule has 112 valence electrons. The molecule has 1 atom stereocenters. The van der Waals surface area contributed by atoms with Gasteiger partial charge in [-0.05, 0) is 51.2 Å². The molecule has 0 aliphatic carbocycles. The van der Waals surface area contributed by atoms with Crippen molar-refractivity contribution in [2.24, 2.45) is 5.92 Å². The predicted molar refractivity (Wildman–Crippen MR) is 76.2 cm³/mol. The Kier molecular flexibility index (Phi) is 4.70. The molecule has 1 unspecified atom stereocenters. The highest BCUT2D eigenvalue weighted by atomic mass is 16.5. The van der Waals surface area contributed by atoms with Crippen LogP contribution < -0.4 is 5.32 Å². The third kappa shape index (κ3) is 3.40. The fourth-order valence-corrected chi connectivity index (χ4v) is 3.50. The van der Waals surface area contributed by atoms with E-state index in [2.05, 4.69) is 15.4 Å². The number of likely N-dealkylation sites (tertiary alicyclic amines) is 1. The van der Waals surface area contributed by atoms with E-state index in [1.54, 1.807) is 7.11 Å². The zero-order valence-electron chi connectivity index (χ0n) is 12.3. The van der Waals surface area contributed by atoms with E-state index < -0.39 is 0 Å². The van der Waals surface area contributed by atoms with Crippen LogP contribution in [0.4, 0.5) is 0 Å². The van der Waals surface area contributed by atoms with E-state index in [9.17, 15) is 0 Å². The van der Waals surface area contributed by atoms with Crippen molar-refractivity contribution in [1.82, 2.24) is 15.4 Å². The molecule has 2 aliphatic heterocycles. The molecule has 0 bridgehead atoms. The van der Waals surface area contributed by atoms with Gasteiger partial charge in [-0.15, -0.1) is 0 Å². The first-order valence-corrected chi connectivity index (χ1v) is 7.74. The molecule has 1 aromatic rings. The number of hydrogen-bond acceptors (Lipinski definition) is 5. The maximum Gasteiger partial charge on any atom is 0.162 e. The number of methoxy groups -OCH3 is 1. The molecule has 5 heteroatoms. The molecular weight excluding hydrogens is 254 g/mol. The quantitative estimate of drug-likeness (QED) is 0.890. The third-order valence-electron chi connectivity index (χ3n) is 4.58. The molecule has 3 rings (SSSR count). The van der Waals surface area contributed by atoms with Gasteiger partial charge in [0.05, 0.1) is 5.69 Å². The summed E-state index contributed by atoms with van der Waals surface area (Å²) in [5, 5.41) is 7.76. The predicted octanol–water partition coefficient (Wildman–Crippen LogP) is 1.78. The molecule has 2 aliphatic rings. The average molecular weight is 279 g/mol. The molecule has 0 spiro atoms. The molecule has 1 aromatic heterocycles. The molecule has 0 amide bonds. The Morgan fingerprint density at radius 2 is 2.25 bits per heavy atom. The molecule has 3 heterocycles. The highest BCUT2D eigenvalue weighted by Gasteiger charge is 2.28. The van der Waals surface area contributed by atoms with Crippen molar-refractivity contribution in [3.8, 4) is 0 Å². The molecule has 5 nitrogen and oxygen atoms in total. The van der Waals surface area contributed by atoms with Gasteiger partial charge in [-0.2, -0.15) is 0 Å². The highest BCUT2D eigenvalue weighted by molar-refractivity contribution is 5.04.